The van der Waals surface area contributed by atoms with Gasteiger partial charge in [0, 0.05) is 12.8 Å². The molecule has 0 saturated carbocycles. The Bertz CT molecular complexity index is 1160. The van der Waals surface area contributed by atoms with E-state index >= 15 is 0 Å². The van der Waals surface area contributed by atoms with Crippen molar-refractivity contribution < 1.29 is 24.5 Å². The zero-order valence-corrected chi connectivity index (χ0v) is 52.5. The van der Waals surface area contributed by atoms with Gasteiger partial charge in [0.25, 0.3) is 0 Å². The number of hydrogen-bond donors (Lipinski definition) is 3. The zero-order valence-electron chi connectivity index (χ0n) is 52.5. The van der Waals surface area contributed by atoms with Gasteiger partial charge in [-0.15, -0.1) is 0 Å². The van der Waals surface area contributed by atoms with Gasteiger partial charge in [0.15, 0.2) is 0 Å². The highest BCUT2D eigenvalue weighted by Crippen LogP contribution is 2.19. The van der Waals surface area contributed by atoms with E-state index in [2.05, 4.69) is 19.2 Å². The highest BCUT2D eigenvalue weighted by molar-refractivity contribution is 5.76. The van der Waals surface area contributed by atoms with E-state index in [-0.39, 0.29) is 18.5 Å². The third-order valence-corrected chi connectivity index (χ3v) is 16.8. The molecule has 2 unspecified atom stereocenters. The molecular formula is C71H139NO5. The molecule has 458 valence electrons. The number of ether oxygens (including phenoxy) is 1. The summed E-state index contributed by atoms with van der Waals surface area (Å²) in [7, 11) is 0. The summed E-state index contributed by atoms with van der Waals surface area (Å²) in [5.41, 5.74) is 0. The number of carbonyl (C=O) groups excluding carboxylic acids is 2. The van der Waals surface area contributed by atoms with Crippen LogP contribution in [0.4, 0.5) is 0 Å². The van der Waals surface area contributed by atoms with Gasteiger partial charge in [-0.25, -0.2) is 0 Å². The summed E-state index contributed by atoms with van der Waals surface area (Å²) in [5, 5.41) is 23.3. The molecule has 0 aliphatic rings. The van der Waals surface area contributed by atoms with Crippen LogP contribution in [0.5, 0.6) is 0 Å². The van der Waals surface area contributed by atoms with Gasteiger partial charge in [0.1, 0.15) is 0 Å². The van der Waals surface area contributed by atoms with Crippen molar-refractivity contribution in [2.24, 2.45) is 0 Å². The third-order valence-electron chi connectivity index (χ3n) is 16.8. The third kappa shape index (κ3) is 63.6. The lowest BCUT2D eigenvalue weighted by Gasteiger charge is -2.20. The number of aliphatic hydroxyl groups excluding tert-OH is 2. The fraction of sp³-hybridized carbons (Fsp3) is 0.944. The predicted octanol–water partition coefficient (Wildman–Crippen LogP) is 22.8. The lowest BCUT2D eigenvalue weighted by atomic mass is 10.0. The normalized spacial score (nSPS) is 12.5. The van der Waals surface area contributed by atoms with Crippen LogP contribution in [0, 0.1) is 0 Å². The van der Waals surface area contributed by atoms with Gasteiger partial charge in [-0.1, -0.05) is 373 Å². The van der Waals surface area contributed by atoms with Crippen molar-refractivity contribution in [2.45, 2.75) is 418 Å². The molecule has 3 N–H and O–H groups in total. The Kier molecular flexibility index (Phi) is 65.9. The van der Waals surface area contributed by atoms with Crippen LogP contribution in [-0.4, -0.2) is 47.4 Å². The van der Waals surface area contributed by atoms with Gasteiger partial charge in [-0.05, 0) is 32.1 Å². The van der Waals surface area contributed by atoms with Gasteiger partial charge >= 0.3 is 5.97 Å². The molecule has 0 rings (SSSR count). The maximum atomic E-state index is 12.5. The van der Waals surface area contributed by atoms with Crippen molar-refractivity contribution in [1.82, 2.24) is 5.32 Å². The van der Waals surface area contributed by atoms with Crippen molar-refractivity contribution in [2.75, 3.05) is 13.2 Å². The lowest BCUT2D eigenvalue weighted by Crippen LogP contribution is -2.45. The molecule has 6 heteroatoms. The largest absolute Gasteiger partial charge is 0.466 e. The summed E-state index contributed by atoms with van der Waals surface area (Å²) in [6.45, 7) is 4.95. The van der Waals surface area contributed by atoms with E-state index in [1.807, 2.05) is 6.08 Å². The van der Waals surface area contributed by atoms with Gasteiger partial charge in [-0.3, -0.25) is 9.59 Å². The van der Waals surface area contributed by atoms with E-state index in [0.717, 1.165) is 38.5 Å². The highest BCUT2D eigenvalue weighted by Gasteiger charge is 2.18. The van der Waals surface area contributed by atoms with Crippen LogP contribution in [0.15, 0.2) is 12.2 Å². The number of aliphatic hydroxyl groups is 2. The predicted molar refractivity (Wildman–Crippen MR) is 338 cm³/mol. The molecule has 1 amide bonds. The average molecular weight is 1090 g/mol. The van der Waals surface area contributed by atoms with Crippen LogP contribution in [0.2, 0.25) is 0 Å². The second-order valence-corrected chi connectivity index (χ2v) is 24.6. The molecule has 6 nitrogen and oxygen atoms in total. The molecule has 0 aliphatic carbocycles. The topological polar surface area (TPSA) is 95.9 Å². The van der Waals surface area contributed by atoms with E-state index < -0.39 is 12.1 Å². The first-order chi connectivity index (χ1) is 38.0. The molecule has 0 aromatic heterocycles. The molecule has 0 heterocycles. The Balaban J connectivity index is 3.41. The molecule has 0 spiro atoms. The molecule has 0 radical (unpaired) electrons. The first kappa shape index (κ1) is 75.6. The summed E-state index contributed by atoms with van der Waals surface area (Å²) in [4.78, 5) is 24.6. The number of allylic oxidation sites excluding steroid dienone is 1. The van der Waals surface area contributed by atoms with Crippen LogP contribution in [0.1, 0.15) is 406 Å². The van der Waals surface area contributed by atoms with Crippen LogP contribution < -0.4 is 5.32 Å². The maximum absolute atomic E-state index is 12.5. The minimum atomic E-state index is -0.848. The summed E-state index contributed by atoms with van der Waals surface area (Å²) >= 11 is 0. The van der Waals surface area contributed by atoms with Crippen molar-refractivity contribution in [3.63, 3.8) is 0 Å². The Labute approximate surface area is 482 Å². The van der Waals surface area contributed by atoms with Crippen LogP contribution in [-0.2, 0) is 14.3 Å². The SMILES string of the molecule is CCCCCCCCCCCCCCCCCCCCCCCCC/C=C/C(O)C(CO)NC(=O)CCCCCCCCCCCCCCCCCCCCOC(=O)CCCCCCCCCCCCCCCCCCC. The van der Waals surface area contributed by atoms with Crippen molar-refractivity contribution in [3.05, 3.63) is 12.2 Å². The second kappa shape index (κ2) is 67.1. The Morgan fingerprint density at radius 2 is 0.597 bits per heavy atom. The van der Waals surface area contributed by atoms with Crippen LogP contribution in [0.3, 0.4) is 0 Å². The monoisotopic (exact) mass is 1090 g/mol. The summed E-state index contributed by atoms with van der Waals surface area (Å²) in [6.07, 6.45) is 82.8. The Hall–Kier alpha value is -1.40. The van der Waals surface area contributed by atoms with E-state index in [1.54, 1.807) is 6.08 Å². The highest BCUT2D eigenvalue weighted by atomic mass is 16.5. The number of nitrogens with one attached hydrogen (secondary N) is 1. The first-order valence-electron chi connectivity index (χ1n) is 35.5. The maximum Gasteiger partial charge on any atom is 0.305 e. The lowest BCUT2D eigenvalue weighted by molar-refractivity contribution is -0.143. The van der Waals surface area contributed by atoms with Crippen LogP contribution >= 0.6 is 0 Å². The van der Waals surface area contributed by atoms with E-state index in [1.165, 1.54) is 340 Å². The molecule has 0 aromatic rings. The average Bonchev–Trinajstić information content (AvgIpc) is 3.43. The molecule has 0 aromatic carbocycles. The molecular weight excluding hydrogens is 947 g/mol. The number of rotatable bonds is 67. The number of unbranched alkanes of at least 4 members (excludes halogenated alkanes) is 56. The fourth-order valence-corrected chi connectivity index (χ4v) is 11.4. The van der Waals surface area contributed by atoms with Gasteiger partial charge in [-0.2, -0.15) is 0 Å². The standard InChI is InChI=1S/C71H139NO5/c1-3-5-7-9-11-13-15-17-19-21-22-23-24-25-26-27-28-32-35-39-43-47-51-55-59-63-69(74)68(67-73)72-70(75)64-60-56-52-48-44-40-36-33-29-30-34-38-42-46-50-54-58-62-66-77-71(76)65-61-57-53-49-45-41-37-31-20-18-16-14-12-10-8-6-4-2/h59,63,68-69,73-74H,3-58,60-62,64-67H2,1-2H3,(H,72,75)/b63-59+. The summed E-state index contributed by atoms with van der Waals surface area (Å²) < 4.78 is 5.50. The number of carbonyl (C=O) groups is 2. The number of amides is 1. The number of esters is 1. The van der Waals surface area contributed by atoms with Crippen molar-refractivity contribution in [1.29, 1.82) is 0 Å². The quantitative estimate of drug-likeness (QED) is 0.0320. The number of hydrogen-bond acceptors (Lipinski definition) is 5. The molecule has 2 atom stereocenters. The molecule has 0 aliphatic heterocycles. The van der Waals surface area contributed by atoms with E-state index in [0.29, 0.717) is 19.4 Å². The van der Waals surface area contributed by atoms with Gasteiger partial charge in [0.05, 0.1) is 25.4 Å². The first-order valence-corrected chi connectivity index (χ1v) is 35.5. The van der Waals surface area contributed by atoms with Gasteiger partial charge < -0.3 is 20.3 Å². The van der Waals surface area contributed by atoms with E-state index in [4.69, 9.17) is 4.74 Å². The summed E-state index contributed by atoms with van der Waals surface area (Å²) in [5.74, 6) is -0.0547. The zero-order chi connectivity index (χ0) is 55.7. The van der Waals surface area contributed by atoms with E-state index in [9.17, 15) is 19.8 Å². The molecule has 0 saturated heterocycles. The smallest absolute Gasteiger partial charge is 0.305 e. The second-order valence-electron chi connectivity index (χ2n) is 24.6. The van der Waals surface area contributed by atoms with Crippen molar-refractivity contribution in [3.8, 4) is 0 Å². The molecule has 0 fully saturated rings. The Morgan fingerprint density at radius 3 is 0.883 bits per heavy atom. The summed E-state index contributed by atoms with van der Waals surface area (Å²) in [6, 6.07) is -0.632. The van der Waals surface area contributed by atoms with Gasteiger partial charge in [0.2, 0.25) is 5.91 Å². The molecule has 77 heavy (non-hydrogen) atoms. The van der Waals surface area contributed by atoms with Crippen LogP contribution in [0.25, 0.3) is 0 Å². The molecule has 0 bridgehead atoms. The Morgan fingerprint density at radius 1 is 0.351 bits per heavy atom. The minimum Gasteiger partial charge on any atom is -0.466 e. The van der Waals surface area contributed by atoms with Crippen molar-refractivity contribution >= 4 is 11.9 Å². The fourth-order valence-electron chi connectivity index (χ4n) is 11.4. The minimum absolute atomic E-state index is 0.0119.